The molecule has 17 heavy (non-hydrogen) atoms. The average molecular weight is 320 g/mol. The van der Waals surface area contributed by atoms with Crippen molar-refractivity contribution in [3.63, 3.8) is 0 Å². The van der Waals surface area contributed by atoms with Crippen LogP contribution in [0.5, 0.6) is 0 Å². The number of carbonyl (C=O) groups excluding carboxylic acids is 1. The molecule has 0 spiro atoms. The lowest BCUT2D eigenvalue weighted by molar-refractivity contribution is -0.123. The molecule has 1 atom stereocenters. The number of amides is 1. The number of rotatable bonds is 3. The van der Waals surface area contributed by atoms with Crippen molar-refractivity contribution < 1.29 is 4.79 Å². The van der Waals surface area contributed by atoms with Crippen molar-refractivity contribution >= 4 is 33.6 Å². The van der Waals surface area contributed by atoms with Crippen LogP contribution >= 0.6 is 27.7 Å². The summed E-state index contributed by atoms with van der Waals surface area (Å²) in [4.78, 5) is 12.8. The van der Waals surface area contributed by atoms with E-state index < -0.39 is 0 Å². The van der Waals surface area contributed by atoms with E-state index in [0.717, 1.165) is 18.7 Å². The van der Waals surface area contributed by atoms with Gasteiger partial charge in [-0.1, -0.05) is 15.9 Å². The van der Waals surface area contributed by atoms with Crippen LogP contribution in [0.2, 0.25) is 0 Å². The molecule has 2 aliphatic rings. The fraction of sp³-hybridized carbons (Fsp3) is 0.923. The van der Waals surface area contributed by atoms with Gasteiger partial charge in [-0.2, -0.15) is 0 Å². The predicted octanol–water partition coefficient (Wildman–Crippen LogP) is 3.34. The van der Waals surface area contributed by atoms with E-state index in [9.17, 15) is 4.79 Å². The van der Waals surface area contributed by atoms with E-state index in [1.165, 1.54) is 32.1 Å². The number of halogens is 1. The number of hydrogen-bond acceptors (Lipinski definition) is 2. The number of thioether (sulfide) groups is 1. The highest BCUT2D eigenvalue weighted by molar-refractivity contribution is 9.09. The first-order chi connectivity index (χ1) is 8.10. The minimum absolute atomic E-state index is 0.146. The summed E-state index contributed by atoms with van der Waals surface area (Å²) in [5.41, 5.74) is 0. The molecule has 0 radical (unpaired) electrons. The van der Waals surface area contributed by atoms with Crippen LogP contribution in [0, 0.1) is 5.92 Å². The summed E-state index contributed by atoms with van der Waals surface area (Å²) in [7, 11) is 0. The fourth-order valence-corrected chi connectivity index (χ4v) is 4.47. The van der Waals surface area contributed by atoms with E-state index >= 15 is 0 Å². The second kappa shape index (κ2) is 5.96. The van der Waals surface area contributed by atoms with Gasteiger partial charge in [-0.05, 0) is 57.1 Å². The first-order valence-corrected chi connectivity index (χ1v) is 8.56. The Balaban J connectivity index is 1.72. The van der Waals surface area contributed by atoms with E-state index in [1.54, 1.807) is 0 Å². The van der Waals surface area contributed by atoms with E-state index in [0.29, 0.717) is 10.7 Å². The Labute approximate surface area is 117 Å². The Bertz CT molecular complexity index is 271. The van der Waals surface area contributed by atoms with Gasteiger partial charge in [0, 0.05) is 11.4 Å². The highest BCUT2D eigenvalue weighted by Gasteiger charge is 2.37. The van der Waals surface area contributed by atoms with Crippen molar-refractivity contribution in [1.82, 2.24) is 5.32 Å². The molecule has 0 bridgehead atoms. The SMILES string of the molecule is CC1(C(=O)NCC2CCC(Br)CC2)CCCS1. The maximum Gasteiger partial charge on any atom is 0.235 e. The topological polar surface area (TPSA) is 29.1 Å². The van der Waals surface area contributed by atoms with Crippen molar-refractivity contribution in [2.75, 3.05) is 12.3 Å². The zero-order valence-corrected chi connectivity index (χ0v) is 12.9. The van der Waals surface area contributed by atoms with Crippen molar-refractivity contribution in [3.8, 4) is 0 Å². The lowest BCUT2D eigenvalue weighted by atomic mass is 9.89. The van der Waals surface area contributed by atoms with Gasteiger partial charge in [-0.3, -0.25) is 4.79 Å². The minimum Gasteiger partial charge on any atom is -0.355 e. The summed E-state index contributed by atoms with van der Waals surface area (Å²) in [6.45, 7) is 2.98. The summed E-state index contributed by atoms with van der Waals surface area (Å²) < 4.78 is -0.146. The smallest absolute Gasteiger partial charge is 0.235 e. The van der Waals surface area contributed by atoms with Crippen LogP contribution in [-0.4, -0.2) is 27.8 Å². The second-order valence-corrected chi connectivity index (χ2v) is 8.40. The van der Waals surface area contributed by atoms with E-state index in [4.69, 9.17) is 0 Å². The monoisotopic (exact) mass is 319 g/mol. The van der Waals surface area contributed by atoms with Crippen LogP contribution in [0.25, 0.3) is 0 Å². The van der Waals surface area contributed by atoms with Gasteiger partial charge < -0.3 is 5.32 Å². The number of alkyl halides is 1. The average Bonchev–Trinajstić information content (AvgIpc) is 2.76. The molecular weight excluding hydrogens is 298 g/mol. The zero-order valence-electron chi connectivity index (χ0n) is 10.5. The van der Waals surface area contributed by atoms with Gasteiger partial charge in [0.15, 0.2) is 0 Å². The van der Waals surface area contributed by atoms with Crippen molar-refractivity contribution in [1.29, 1.82) is 0 Å². The summed E-state index contributed by atoms with van der Waals surface area (Å²) in [6, 6.07) is 0. The lowest BCUT2D eigenvalue weighted by Crippen LogP contribution is -2.42. The fourth-order valence-electron chi connectivity index (χ4n) is 2.71. The molecule has 0 aromatic carbocycles. The van der Waals surface area contributed by atoms with Crippen LogP contribution < -0.4 is 5.32 Å². The van der Waals surface area contributed by atoms with Gasteiger partial charge in [0.05, 0.1) is 4.75 Å². The molecular formula is C13H22BrNOS. The summed E-state index contributed by atoms with van der Waals surface area (Å²) in [5.74, 6) is 2.10. The molecule has 1 unspecified atom stereocenters. The number of carbonyl (C=O) groups is 1. The first kappa shape index (κ1) is 13.7. The second-order valence-electron chi connectivity index (χ2n) is 5.51. The molecule has 1 saturated heterocycles. The predicted molar refractivity (Wildman–Crippen MR) is 77.8 cm³/mol. The number of hydrogen-bond donors (Lipinski definition) is 1. The highest BCUT2D eigenvalue weighted by atomic mass is 79.9. The highest BCUT2D eigenvalue weighted by Crippen LogP contribution is 2.38. The standard InChI is InChI=1S/C13H22BrNOS/c1-13(7-2-8-17-13)12(16)15-9-10-3-5-11(14)6-4-10/h10-11H,2-9H2,1H3,(H,15,16). The van der Waals surface area contributed by atoms with E-state index in [2.05, 4.69) is 28.2 Å². The Kier molecular flexibility index (Phi) is 4.81. The van der Waals surface area contributed by atoms with Crippen molar-refractivity contribution in [3.05, 3.63) is 0 Å². The molecule has 1 saturated carbocycles. The normalized spacial score (nSPS) is 38.0. The van der Waals surface area contributed by atoms with Gasteiger partial charge in [0.25, 0.3) is 0 Å². The summed E-state index contributed by atoms with van der Waals surface area (Å²) >= 11 is 5.49. The first-order valence-electron chi connectivity index (χ1n) is 6.66. The van der Waals surface area contributed by atoms with E-state index in [1.807, 2.05) is 11.8 Å². The molecule has 2 nitrogen and oxygen atoms in total. The third-order valence-corrected chi connectivity index (χ3v) is 6.46. The van der Waals surface area contributed by atoms with Crippen LogP contribution in [0.4, 0.5) is 0 Å². The molecule has 1 heterocycles. The minimum atomic E-state index is -0.146. The van der Waals surface area contributed by atoms with E-state index in [-0.39, 0.29) is 10.7 Å². The van der Waals surface area contributed by atoms with Gasteiger partial charge in [-0.25, -0.2) is 0 Å². The molecule has 4 heteroatoms. The largest absolute Gasteiger partial charge is 0.355 e. The van der Waals surface area contributed by atoms with Crippen molar-refractivity contribution in [2.45, 2.75) is 55.0 Å². The molecule has 1 aliphatic heterocycles. The third kappa shape index (κ3) is 3.63. The third-order valence-electron chi connectivity index (χ3n) is 4.03. The van der Waals surface area contributed by atoms with Gasteiger partial charge in [0.2, 0.25) is 5.91 Å². The maximum atomic E-state index is 12.1. The lowest BCUT2D eigenvalue weighted by Gasteiger charge is -2.27. The molecule has 2 fully saturated rings. The van der Waals surface area contributed by atoms with Gasteiger partial charge >= 0.3 is 0 Å². The Morgan fingerprint density at radius 1 is 1.41 bits per heavy atom. The quantitative estimate of drug-likeness (QED) is 0.808. The molecule has 1 N–H and O–H groups in total. The number of nitrogens with one attached hydrogen (secondary N) is 1. The molecule has 0 aromatic heterocycles. The van der Waals surface area contributed by atoms with Crippen LogP contribution in [0.3, 0.4) is 0 Å². The van der Waals surface area contributed by atoms with Crippen LogP contribution in [0.1, 0.15) is 45.4 Å². The Morgan fingerprint density at radius 2 is 2.12 bits per heavy atom. The summed E-state index contributed by atoms with van der Waals surface area (Å²) in [6.07, 6.45) is 7.24. The molecule has 1 aliphatic carbocycles. The molecule has 2 rings (SSSR count). The maximum absolute atomic E-state index is 12.1. The van der Waals surface area contributed by atoms with Gasteiger partial charge in [-0.15, -0.1) is 11.8 Å². The Morgan fingerprint density at radius 3 is 2.71 bits per heavy atom. The molecule has 1 amide bonds. The van der Waals surface area contributed by atoms with Crippen molar-refractivity contribution in [2.24, 2.45) is 5.92 Å². The van der Waals surface area contributed by atoms with Crippen LogP contribution in [-0.2, 0) is 4.79 Å². The Hall–Kier alpha value is 0.300. The summed E-state index contributed by atoms with van der Waals surface area (Å²) in [5, 5.41) is 3.17. The zero-order chi connectivity index (χ0) is 12.3. The van der Waals surface area contributed by atoms with Crippen LogP contribution in [0.15, 0.2) is 0 Å². The van der Waals surface area contributed by atoms with Gasteiger partial charge in [0.1, 0.15) is 0 Å². The molecule has 98 valence electrons. The molecule has 0 aromatic rings.